The monoisotopic (exact) mass is 1100 g/mol. The Bertz CT molecular complexity index is 2300. The van der Waals surface area contributed by atoms with Crippen molar-refractivity contribution in [3.8, 4) is 5.75 Å². The molecule has 5 rings (SSSR count). The number of rotatable bonds is 24. The SMILES string of the molecule is COc1cc2cc(c1Cl)N(C)C(=O)C[C@H](OC(=O)C1CCC(CNC(=O)CCOCCOCCOCCOCCNC(=O)CCN3C(=O)C=CC3=O)CC1)[C@@H](C)C(=O)[C@H](C)[C@@H]1C[C@@](O)(NC(=O)O1)C(OC)/C=C/C=C(\C)C2. The molecule has 6 amide bonds. The molecule has 1 aromatic rings. The number of amides is 6. The van der Waals surface area contributed by atoms with Crippen LogP contribution in [0.3, 0.4) is 0 Å². The Morgan fingerprint density at radius 1 is 0.844 bits per heavy atom. The zero-order chi connectivity index (χ0) is 56.1. The summed E-state index contributed by atoms with van der Waals surface area (Å²) in [6.45, 7) is 8.19. The van der Waals surface area contributed by atoms with E-state index in [4.69, 9.17) is 49.5 Å². The van der Waals surface area contributed by atoms with Crippen molar-refractivity contribution in [2.45, 2.75) is 103 Å². The van der Waals surface area contributed by atoms with E-state index in [1.165, 1.54) is 31.3 Å². The number of methoxy groups -OCH3 is 2. The van der Waals surface area contributed by atoms with Crippen molar-refractivity contribution in [2.75, 3.05) is 98.7 Å². The molecule has 4 aliphatic rings. The van der Waals surface area contributed by atoms with Gasteiger partial charge in [0.05, 0.1) is 89.8 Å². The molecular formula is C54H76ClN5O17. The highest BCUT2D eigenvalue weighted by molar-refractivity contribution is 6.35. The van der Waals surface area contributed by atoms with Gasteiger partial charge in [-0.2, -0.15) is 0 Å². The number of ether oxygens (including phenoxy) is 8. The van der Waals surface area contributed by atoms with Crippen LogP contribution < -0.4 is 25.6 Å². The van der Waals surface area contributed by atoms with E-state index >= 15 is 0 Å². The molecule has 6 atom stereocenters. The second-order valence-corrected chi connectivity index (χ2v) is 20.0. The number of hydrogen-bond acceptors (Lipinski definition) is 17. The van der Waals surface area contributed by atoms with Gasteiger partial charge in [-0.25, -0.2) is 4.79 Å². The number of hydrogen-bond donors (Lipinski definition) is 4. The fraction of sp³-hybridized carbons (Fsp3) is 0.630. The van der Waals surface area contributed by atoms with Crippen LogP contribution in [-0.4, -0.2) is 175 Å². The van der Waals surface area contributed by atoms with Crippen molar-refractivity contribution in [3.63, 3.8) is 0 Å². The van der Waals surface area contributed by atoms with Gasteiger partial charge in [-0.15, -0.1) is 0 Å². The first-order valence-electron chi connectivity index (χ1n) is 26.2. The van der Waals surface area contributed by atoms with Crippen LogP contribution in [0.15, 0.2) is 48.1 Å². The maximum Gasteiger partial charge on any atom is 0.409 e. The van der Waals surface area contributed by atoms with Gasteiger partial charge in [0.25, 0.3) is 11.8 Å². The van der Waals surface area contributed by atoms with Crippen molar-refractivity contribution < 1.29 is 81.4 Å². The average Bonchev–Trinajstić information content (AvgIpc) is 3.73. The van der Waals surface area contributed by atoms with Crippen LogP contribution in [0.1, 0.15) is 77.7 Å². The molecule has 4 bridgehead atoms. The summed E-state index contributed by atoms with van der Waals surface area (Å²) in [4.78, 5) is 106. The fourth-order valence-electron chi connectivity index (χ4n) is 9.36. The standard InChI is InChI=1S/C54H76ClN5O17/c1-34-8-7-9-44(71-6)54(69)32-43(77-53(68)58-54)36(3)51(66)35(2)41(31-49(65)59(4)40-29-38(28-34)30-42(70-5)50(40)55)76-52(67)39-12-10-37(11-13-39)33-57-46(62)17-20-72-22-24-74-26-27-75-25-23-73-21-18-56-45(61)16-19-60-47(63)14-15-48(60)64/h7-9,14-15,29-30,35-37,39,41,43-44,69H,10-13,16-28,31-33H2,1-6H3,(H,56,61)(H,57,62)(H,58,68)/b9-7+,34-8+/t35-,36-,37?,39?,41+,43+,44?,54+/m1/s1. The first-order valence-corrected chi connectivity index (χ1v) is 26.5. The molecule has 0 aromatic heterocycles. The molecule has 1 saturated heterocycles. The minimum Gasteiger partial charge on any atom is -0.495 e. The Labute approximate surface area is 454 Å². The van der Waals surface area contributed by atoms with Gasteiger partial charge in [0.2, 0.25) is 17.7 Å². The van der Waals surface area contributed by atoms with Gasteiger partial charge in [-0.3, -0.25) is 43.8 Å². The number of nitrogens with zero attached hydrogens (tertiary/aromatic N) is 2. The van der Waals surface area contributed by atoms with E-state index < -0.39 is 77.4 Å². The minimum absolute atomic E-state index is 0.0124. The molecular weight excluding hydrogens is 1030 g/mol. The van der Waals surface area contributed by atoms with Crippen molar-refractivity contribution in [2.24, 2.45) is 23.7 Å². The number of benzene rings is 1. The molecule has 4 N–H and O–H groups in total. The number of halogens is 1. The van der Waals surface area contributed by atoms with E-state index in [2.05, 4.69) is 16.0 Å². The van der Waals surface area contributed by atoms with E-state index in [9.17, 15) is 43.5 Å². The summed E-state index contributed by atoms with van der Waals surface area (Å²) < 4.78 is 44.9. The number of aliphatic hydroxyl groups is 1. The van der Waals surface area contributed by atoms with Crippen molar-refractivity contribution >= 4 is 64.7 Å². The van der Waals surface area contributed by atoms with Crippen LogP contribution in [0.4, 0.5) is 10.5 Å². The lowest BCUT2D eigenvalue weighted by molar-refractivity contribution is -0.163. The highest BCUT2D eigenvalue weighted by Gasteiger charge is 2.49. The van der Waals surface area contributed by atoms with Crippen molar-refractivity contribution in [3.05, 3.63) is 58.7 Å². The molecule has 3 heterocycles. The van der Waals surface area contributed by atoms with Gasteiger partial charge in [0, 0.05) is 65.2 Å². The molecule has 1 saturated carbocycles. The minimum atomic E-state index is -1.95. The second kappa shape index (κ2) is 31.0. The highest BCUT2D eigenvalue weighted by atomic mass is 35.5. The third kappa shape index (κ3) is 19.0. The van der Waals surface area contributed by atoms with E-state index in [1.807, 2.05) is 13.0 Å². The number of carbonyl (C=O) groups is 8. The zero-order valence-electron chi connectivity index (χ0n) is 45.0. The van der Waals surface area contributed by atoms with Gasteiger partial charge in [0.15, 0.2) is 5.72 Å². The van der Waals surface area contributed by atoms with Crippen molar-refractivity contribution in [1.29, 1.82) is 0 Å². The number of esters is 1. The lowest BCUT2D eigenvalue weighted by atomic mass is 9.81. The summed E-state index contributed by atoms with van der Waals surface area (Å²) in [7, 11) is 4.41. The molecule has 3 aliphatic heterocycles. The molecule has 22 nitrogen and oxygen atoms in total. The predicted molar refractivity (Wildman–Crippen MR) is 279 cm³/mol. The van der Waals surface area contributed by atoms with E-state index in [0.29, 0.717) is 89.7 Å². The molecule has 1 aromatic carbocycles. The van der Waals surface area contributed by atoms with Crippen LogP contribution in [-0.2, 0) is 73.1 Å². The number of alkyl carbamates (subject to hydrolysis) is 1. The van der Waals surface area contributed by atoms with Gasteiger partial charge < -0.3 is 58.5 Å². The molecule has 1 aliphatic carbocycles. The van der Waals surface area contributed by atoms with Crippen LogP contribution in [0.2, 0.25) is 5.02 Å². The van der Waals surface area contributed by atoms with Gasteiger partial charge >= 0.3 is 12.1 Å². The number of ketones is 1. The van der Waals surface area contributed by atoms with Gasteiger partial charge in [-0.1, -0.05) is 49.2 Å². The summed E-state index contributed by atoms with van der Waals surface area (Å²) in [5.74, 6) is -4.92. The average molecular weight is 1100 g/mol. The lowest BCUT2D eigenvalue weighted by Gasteiger charge is -2.42. The maximum atomic E-state index is 14.4. The number of imide groups is 1. The van der Waals surface area contributed by atoms with E-state index in [0.717, 1.165) is 16.0 Å². The summed E-state index contributed by atoms with van der Waals surface area (Å²) in [5, 5.41) is 20.0. The van der Waals surface area contributed by atoms with Crippen LogP contribution >= 0.6 is 11.6 Å². The quantitative estimate of drug-likeness (QED) is 0.0655. The summed E-state index contributed by atoms with van der Waals surface area (Å²) in [6, 6.07) is 3.54. The largest absolute Gasteiger partial charge is 0.495 e. The third-order valence-corrected chi connectivity index (χ3v) is 14.4. The summed E-state index contributed by atoms with van der Waals surface area (Å²) >= 11 is 6.79. The Kier molecular flexibility index (Phi) is 25.0. The summed E-state index contributed by atoms with van der Waals surface area (Å²) in [6.07, 6.45) is 5.37. The number of nitrogens with one attached hydrogen (secondary N) is 3. The number of carbonyl (C=O) groups excluding carboxylic acids is 8. The van der Waals surface area contributed by atoms with Gasteiger partial charge in [-0.05, 0) is 62.6 Å². The molecule has 77 heavy (non-hydrogen) atoms. The van der Waals surface area contributed by atoms with Gasteiger partial charge in [0.1, 0.15) is 34.9 Å². The molecule has 0 spiro atoms. The number of Topliss-reactive ketones (excluding diaryl/α,β-unsaturated/α-hetero) is 1. The molecule has 0 radical (unpaired) electrons. The Morgan fingerprint density at radius 3 is 2.10 bits per heavy atom. The second-order valence-electron chi connectivity index (χ2n) is 19.7. The number of allylic oxidation sites excluding steroid dienone is 3. The molecule has 23 heteroatoms. The summed E-state index contributed by atoms with van der Waals surface area (Å²) in [5.41, 5.74) is 0.0765. The van der Waals surface area contributed by atoms with Crippen LogP contribution in [0.5, 0.6) is 5.75 Å². The smallest absolute Gasteiger partial charge is 0.409 e. The Hall–Kier alpha value is -5.75. The predicted octanol–water partition coefficient (Wildman–Crippen LogP) is 3.53. The molecule has 2 fully saturated rings. The Balaban J connectivity index is 1.03. The maximum absolute atomic E-state index is 14.4. The lowest BCUT2D eigenvalue weighted by Crippen LogP contribution is -2.63. The number of anilines is 1. The normalized spacial score (nSPS) is 26.4. The zero-order valence-corrected chi connectivity index (χ0v) is 45.7. The molecule has 1 unspecified atom stereocenters. The molecule has 426 valence electrons. The highest BCUT2D eigenvalue weighted by Crippen LogP contribution is 2.38. The Morgan fingerprint density at radius 2 is 1.47 bits per heavy atom. The number of fused-ring (bicyclic) bond motifs is 4. The first kappa shape index (κ1) is 62.1. The van der Waals surface area contributed by atoms with Crippen LogP contribution in [0, 0.1) is 23.7 Å². The van der Waals surface area contributed by atoms with E-state index in [1.54, 1.807) is 45.2 Å². The fourth-order valence-corrected chi connectivity index (χ4v) is 9.67. The first-order chi connectivity index (χ1) is 36.8. The third-order valence-electron chi connectivity index (χ3n) is 14.0. The topological polar surface area (TPSA) is 273 Å². The van der Waals surface area contributed by atoms with Crippen molar-refractivity contribution in [1.82, 2.24) is 20.9 Å². The van der Waals surface area contributed by atoms with E-state index in [-0.39, 0.29) is 74.7 Å². The van der Waals surface area contributed by atoms with Crippen LogP contribution in [0.25, 0.3) is 0 Å².